The van der Waals surface area contributed by atoms with Crippen LogP contribution in [0, 0.1) is 27.7 Å². The van der Waals surface area contributed by atoms with E-state index in [0.29, 0.717) is 11.6 Å². The molecule has 9 aromatic rings. The fourth-order valence-electron chi connectivity index (χ4n) is 9.75. The van der Waals surface area contributed by atoms with Gasteiger partial charge in [0.05, 0.1) is 22.7 Å². The number of hydrogen-bond acceptors (Lipinski definition) is 6. The van der Waals surface area contributed by atoms with Crippen LogP contribution >= 0.6 is 10.0 Å². The highest BCUT2D eigenvalue weighted by Crippen LogP contribution is 2.79. The van der Waals surface area contributed by atoms with Gasteiger partial charge < -0.3 is 9.80 Å². The first-order valence-corrected chi connectivity index (χ1v) is 22.9. The van der Waals surface area contributed by atoms with Crippen LogP contribution in [0.5, 0.6) is 0 Å². The molecule has 3 heterocycles. The summed E-state index contributed by atoms with van der Waals surface area (Å²) in [6, 6.07) is 65.9. The number of aromatic nitrogens is 4. The predicted molar refractivity (Wildman–Crippen MR) is 259 cm³/mol. The molecule has 0 fully saturated rings. The highest BCUT2D eigenvalue weighted by molar-refractivity contribution is 8.34. The Hall–Kier alpha value is -7.61. The first-order valence-electron chi connectivity index (χ1n) is 21.3. The monoisotopic (exact) mass is 832 g/mol. The van der Waals surface area contributed by atoms with Crippen molar-refractivity contribution in [3.8, 4) is 22.8 Å². The topological polar surface area (TPSA) is 58.0 Å². The zero-order valence-electron chi connectivity index (χ0n) is 35.6. The molecule has 1 aromatic heterocycles. The van der Waals surface area contributed by atoms with Gasteiger partial charge in [0.25, 0.3) is 0 Å². The molecule has 0 spiro atoms. The average molecular weight is 833 g/mol. The summed E-state index contributed by atoms with van der Waals surface area (Å²) < 4.78 is 0. The van der Waals surface area contributed by atoms with Crippen molar-refractivity contribution in [1.29, 1.82) is 0 Å². The van der Waals surface area contributed by atoms with E-state index in [2.05, 4.69) is 232 Å². The van der Waals surface area contributed by atoms with Crippen molar-refractivity contribution in [3.05, 3.63) is 215 Å². The van der Waals surface area contributed by atoms with Crippen LogP contribution in [0.1, 0.15) is 33.4 Å². The van der Waals surface area contributed by atoms with E-state index in [-0.39, 0.29) is 0 Å². The smallest absolute Gasteiger partial charge is 0.204 e. The largest absolute Gasteiger partial charge is 0.309 e. The highest BCUT2D eigenvalue weighted by Gasteiger charge is 2.42. The predicted octanol–water partition coefficient (Wildman–Crippen LogP) is 14.9. The van der Waals surface area contributed by atoms with Crippen molar-refractivity contribution in [3.63, 3.8) is 0 Å². The Morgan fingerprint density at radius 3 is 1.06 bits per heavy atom. The molecule has 7 heteroatoms. The van der Waals surface area contributed by atoms with Crippen molar-refractivity contribution in [2.24, 2.45) is 0 Å². The van der Waals surface area contributed by atoms with E-state index in [1.807, 2.05) is 0 Å². The van der Waals surface area contributed by atoms with Gasteiger partial charge in [0, 0.05) is 42.1 Å². The van der Waals surface area contributed by atoms with Gasteiger partial charge >= 0.3 is 0 Å². The standard InChI is InChI=1S/C56H44N6S/c1-37-33-43(61-47-25-13-11-19-41(47)31-32-42-20-12-14-26-48(42)61)34-38(2)53(37)55-57-59-56(60-58-55)54-39(3)35-44(36-40(54)4)62-49-27-15-17-29-51(49)63(45-21-7-5-8-22-45,46-23-9-6-10-24-46)52-30-18-16-28-50(52)62/h5-36H,1-4H3. The highest BCUT2D eigenvalue weighted by atomic mass is 32.3. The third-order valence-electron chi connectivity index (χ3n) is 12.3. The fraction of sp³-hybridized carbons (Fsp3) is 0.0714. The minimum atomic E-state index is -1.84. The molecule has 0 N–H and O–H groups in total. The molecule has 6 nitrogen and oxygen atoms in total. The summed E-state index contributed by atoms with van der Waals surface area (Å²) in [5, 5.41) is 19.0. The summed E-state index contributed by atoms with van der Waals surface area (Å²) in [6.45, 7) is 8.50. The molecule has 2 aliphatic rings. The van der Waals surface area contributed by atoms with E-state index >= 15 is 0 Å². The van der Waals surface area contributed by atoms with Crippen molar-refractivity contribution >= 4 is 56.3 Å². The quantitative estimate of drug-likeness (QED) is 0.166. The van der Waals surface area contributed by atoms with Crippen molar-refractivity contribution in [1.82, 2.24) is 20.4 Å². The first-order chi connectivity index (χ1) is 30.9. The normalized spacial score (nSPS) is 13.9. The third kappa shape index (κ3) is 6.18. The lowest BCUT2D eigenvalue weighted by molar-refractivity contribution is 0.871. The molecule has 0 unspecified atom stereocenters. The molecule has 0 aliphatic carbocycles. The van der Waals surface area contributed by atoms with Gasteiger partial charge in [-0.1, -0.05) is 109 Å². The van der Waals surface area contributed by atoms with Crippen LogP contribution in [0.15, 0.2) is 202 Å². The number of benzene rings is 8. The molecule has 8 aromatic carbocycles. The van der Waals surface area contributed by atoms with Gasteiger partial charge in [-0.15, -0.1) is 30.4 Å². The van der Waals surface area contributed by atoms with E-state index in [1.54, 1.807) is 0 Å². The molecular formula is C56H44N6S. The lowest BCUT2D eigenvalue weighted by Gasteiger charge is -2.50. The van der Waals surface area contributed by atoms with E-state index in [1.165, 1.54) is 42.1 Å². The van der Waals surface area contributed by atoms with E-state index in [4.69, 9.17) is 20.4 Å². The maximum Gasteiger partial charge on any atom is 0.204 e. The summed E-state index contributed by atoms with van der Waals surface area (Å²) in [6.07, 6.45) is 4.39. The van der Waals surface area contributed by atoms with Crippen LogP contribution in [-0.4, -0.2) is 20.4 Å². The van der Waals surface area contributed by atoms with Crippen molar-refractivity contribution < 1.29 is 0 Å². The Bertz CT molecular complexity index is 3050. The van der Waals surface area contributed by atoms with Gasteiger partial charge in [-0.3, -0.25) is 0 Å². The molecule has 0 bridgehead atoms. The Kier molecular flexibility index (Phi) is 9.36. The van der Waals surface area contributed by atoms with E-state index in [9.17, 15) is 0 Å². The molecule has 63 heavy (non-hydrogen) atoms. The second kappa shape index (κ2) is 15.4. The molecule has 0 amide bonds. The summed E-state index contributed by atoms with van der Waals surface area (Å²) in [5.74, 6) is 1.02. The third-order valence-corrected chi connectivity index (χ3v) is 16.3. The zero-order chi connectivity index (χ0) is 42.7. The van der Waals surface area contributed by atoms with Gasteiger partial charge in [0.15, 0.2) is 0 Å². The Morgan fingerprint density at radius 1 is 0.349 bits per heavy atom. The van der Waals surface area contributed by atoms with Gasteiger partial charge in [-0.25, -0.2) is 0 Å². The number of aryl methyl sites for hydroxylation is 4. The molecule has 304 valence electrons. The number of hydrogen-bond donors (Lipinski definition) is 0. The molecule has 0 saturated carbocycles. The Labute approximate surface area is 370 Å². The van der Waals surface area contributed by atoms with Crippen LogP contribution in [0.3, 0.4) is 0 Å². The zero-order valence-corrected chi connectivity index (χ0v) is 36.4. The summed E-state index contributed by atoms with van der Waals surface area (Å²) in [4.78, 5) is 10.0. The van der Waals surface area contributed by atoms with E-state index < -0.39 is 10.0 Å². The molecule has 0 radical (unpaired) electrons. The van der Waals surface area contributed by atoms with Crippen LogP contribution in [0.25, 0.3) is 34.9 Å². The molecule has 0 atom stereocenters. The summed E-state index contributed by atoms with van der Waals surface area (Å²) in [5.41, 5.74) is 15.2. The van der Waals surface area contributed by atoms with Gasteiger partial charge in [-0.2, -0.15) is 0 Å². The molecule has 0 saturated heterocycles. The van der Waals surface area contributed by atoms with Gasteiger partial charge in [0.2, 0.25) is 11.6 Å². The minimum Gasteiger partial charge on any atom is -0.309 e. The first kappa shape index (κ1) is 38.3. The van der Waals surface area contributed by atoms with Crippen LogP contribution in [0.4, 0.5) is 34.1 Å². The summed E-state index contributed by atoms with van der Waals surface area (Å²) in [7, 11) is -1.84. The number of para-hydroxylation sites is 4. The Balaban J connectivity index is 0.966. The van der Waals surface area contributed by atoms with Crippen LogP contribution < -0.4 is 9.80 Å². The van der Waals surface area contributed by atoms with Crippen LogP contribution in [0.2, 0.25) is 0 Å². The maximum atomic E-state index is 4.76. The molecule has 11 rings (SSSR count). The average Bonchev–Trinajstić information content (AvgIpc) is 3.48. The van der Waals surface area contributed by atoms with Gasteiger partial charge in [0.1, 0.15) is 0 Å². The minimum absolute atomic E-state index is 0.508. The molecular weight excluding hydrogens is 789 g/mol. The maximum absolute atomic E-state index is 4.76. The summed E-state index contributed by atoms with van der Waals surface area (Å²) >= 11 is 0. The number of nitrogens with zero attached hydrogens (tertiary/aromatic N) is 6. The number of rotatable bonds is 6. The van der Waals surface area contributed by atoms with Crippen molar-refractivity contribution in [2.75, 3.05) is 9.80 Å². The van der Waals surface area contributed by atoms with Crippen molar-refractivity contribution in [2.45, 2.75) is 47.3 Å². The Morgan fingerprint density at radius 2 is 0.667 bits per heavy atom. The molecule has 2 aliphatic heterocycles. The van der Waals surface area contributed by atoms with Gasteiger partial charge in [-0.05, 0) is 146 Å². The second-order valence-electron chi connectivity index (χ2n) is 16.3. The lowest BCUT2D eigenvalue weighted by Crippen LogP contribution is -2.21. The second-order valence-corrected chi connectivity index (χ2v) is 19.3. The number of anilines is 6. The fourth-order valence-corrected chi connectivity index (χ4v) is 13.9. The van der Waals surface area contributed by atoms with E-state index in [0.717, 1.165) is 56.1 Å². The number of fused-ring (bicyclic) bond motifs is 4. The SMILES string of the molecule is Cc1cc(N2c3ccccc3C=Cc3ccccc32)cc(C)c1-c1nnc(-c2c(C)cc(N3c4ccccc4S(c4ccccc4)(c4ccccc4)c4ccccc43)cc2C)nn1. The lowest BCUT2D eigenvalue weighted by atomic mass is 9.99. The van der Waals surface area contributed by atoms with Crippen LogP contribution in [-0.2, 0) is 0 Å².